The normalized spacial score (nSPS) is 13.3. The molecular formula is C11H19N3O2S2. The molecule has 1 atom stereocenters. The summed E-state index contributed by atoms with van der Waals surface area (Å²) in [6.07, 6.45) is 3.52. The molecule has 1 aromatic rings. The molecule has 0 spiro atoms. The van der Waals surface area contributed by atoms with Crippen LogP contribution in [0.3, 0.4) is 0 Å². The fourth-order valence-corrected chi connectivity index (χ4v) is 2.91. The number of rotatable bonds is 7. The molecule has 0 fully saturated rings. The van der Waals surface area contributed by atoms with Gasteiger partial charge in [0.15, 0.2) is 0 Å². The van der Waals surface area contributed by atoms with Crippen molar-refractivity contribution in [1.29, 1.82) is 0 Å². The standard InChI is InChI=1S/C11H19N3O2S2/c1-4-12-11-10(6-5-7-13-11)18(15,16)14-8-9(2)17-3/h5-7,9,14H,4,8H2,1-3H3,(H,12,13). The van der Waals surface area contributed by atoms with Crippen molar-refractivity contribution >= 4 is 27.6 Å². The summed E-state index contributed by atoms with van der Waals surface area (Å²) < 4.78 is 26.9. The SMILES string of the molecule is CCNc1ncccc1S(=O)(=O)NCC(C)SC. The first-order valence-corrected chi connectivity index (χ1v) is 8.49. The van der Waals surface area contributed by atoms with E-state index in [1.165, 1.54) is 0 Å². The lowest BCUT2D eigenvalue weighted by Crippen LogP contribution is -2.30. The minimum absolute atomic E-state index is 0.195. The van der Waals surface area contributed by atoms with Crippen LogP contribution in [0.1, 0.15) is 13.8 Å². The van der Waals surface area contributed by atoms with Crippen LogP contribution in [0.2, 0.25) is 0 Å². The fourth-order valence-electron chi connectivity index (χ4n) is 1.30. The molecule has 2 N–H and O–H groups in total. The largest absolute Gasteiger partial charge is 0.369 e. The van der Waals surface area contributed by atoms with Gasteiger partial charge in [0, 0.05) is 24.5 Å². The quantitative estimate of drug-likeness (QED) is 0.797. The second-order valence-corrected chi connectivity index (χ2v) is 6.79. The predicted octanol–water partition coefficient (Wildman–Crippen LogP) is 1.54. The van der Waals surface area contributed by atoms with Gasteiger partial charge in [0.05, 0.1) is 0 Å². The monoisotopic (exact) mass is 289 g/mol. The number of nitrogens with zero attached hydrogens (tertiary/aromatic N) is 1. The first-order valence-electron chi connectivity index (χ1n) is 5.72. The molecule has 5 nitrogen and oxygen atoms in total. The molecule has 1 rings (SSSR count). The highest BCUT2D eigenvalue weighted by atomic mass is 32.2. The fraction of sp³-hybridized carbons (Fsp3) is 0.545. The number of nitrogens with one attached hydrogen (secondary N) is 2. The van der Waals surface area contributed by atoms with Crippen LogP contribution in [0.25, 0.3) is 0 Å². The molecule has 0 aliphatic carbocycles. The Morgan fingerprint density at radius 1 is 1.50 bits per heavy atom. The van der Waals surface area contributed by atoms with Gasteiger partial charge in [0.25, 0.3) is 0 Å². The highest BCUT2D eigenvalue weighted by Crippen LogP contribution is 2.17. The molecule has 0 radical (unpaired) electrons. The molecule has 0 aliphatic heterocycles. The maximum absolute atomic E-state index is 12.1. The zero-order chi connectivity index (χ0) is 13.6. The summed E-state index contributed by atoms with van der Waals surface area (Å²) in [4.78, 5) is 4.24. The van der Waals surface area contributed by atoms with E-state index in [2.05, 4.69) is 15.0 Å². The minimum Gasteiger partial charge on any atom is -0.369 e. The van der Waals surface area contributed by atoms with Crippen LogP contribution in [-0.4, -0.2) is 38.0 Å². The maximum atomic E-state index is 12.1. The Hall–Kier alpha value is -0.790. The van der Waals surface area contributed by atoms with Crippen molar-refractivity contribution in [2.24, 2.45) is 0 Å². The molecule has 0 aromatic carbocycles. The second kappa shape index (κ2) is 6.96. The minimum atomic E-state index is -3.51. The molecular weight excluding hydrogens is 270 g/mol. The maximum Gasteiger partial charge on any atom is 0.244 e. The topological polar surface area (TPSA) is 71.1 Å². The van der Waals surface area contributed by atoms with Crippen LogP contribution in [0.15, 0.2) is 23.2 Å². The van der Waals surface area contributed by atoms with E-state index in [0.29, 0.717) is 18.9 Å². The van der Waals surface area contributed by atoms with Crippen molar-refractivity contribution in [2.75, 3.05) is 24.7 Å². The van der Waals surface area contributed by atoms with Gasteiger partial charge in [-0.3, -0.25) is 0 Å². The van der Waals surface area contributed by atoms with E-state index in [4.69, 9.17) is 0 Å². The van der Waals surface area contributed by atoms with Crippen molar-refractivity contribution < 1.29 is 8.42 Å². The lowest BCUT2D eigenvalue weighted by Gasteiger charge is -2.13. The van der Waals surface area contributed by atoms with Crippen molar-refractivity contribution in [3.8, 4) is 0 Å². The lowest BCUT2D eigenvalue weighted by atomic mass is 10.4. The van der Waals surface area contributed by atoms with Crippen LogP contribution < -0.4 is 10.0 Å². The third kappa shape index (κ3) is 4.15. The molecule has 1 aromatic heterocycles. The van der Waals surface area contributed by atoms with Gasteiger partial charge in [-0.25, -0.2) is 18.1 Å². The molecule has 1 heterocycles. The molecule has 0 bridgehead atoms. The molecule has 0 saturated carbocycles. The average molecular weight is 289 g/mol. The van der Waals surface area contributed by atoms with Crippen LogP contribution in [0.5, 0.6) is 0 Å². The van der Waals surface area contributed by atoms with Crippen molar-refractivity contribution in [1.82, 2.24) is 9.71 Å². The van der Waals surface area contributed by atoms with E-state index < -0.39 is 10.0 Å². The number of anilines is 1. The van der Waals surface area contributed by atoms with Crippen molar-refractivity contribution in [3.63, 3.8) is 0 Å². The molecule has 0 amide bonds. The van der Waals surface area contributed by atoms with Crippen LogP contribution >= 0.6 is 11.8 Å². The van der Waals surface area contributed by atoms with Crippen LogP contribution in [-0.2, 0) is 10.0 Å². The molecule has 1 unspecified atom stereocenters. The van der Waals surface area contributed by atoms with Crippen molar-refractivity contribution in [2.45, 2.75) is 24.0 Å². The van der Waals surface area contributed by atoms with Gasteiger partial charge in [-0.1, -0.05) is 6.92 Å². The zero-order valence-corrected chi connectivity index (χ0v) is 12.4. The van der Waals surface area contributed by atoms with E-state index in [1.807, 2.05) is 20.1 Å². The van der Waals surface area contributed by atoms with E-state index >= 15 is 0 Å². The van der Waals surface area contributed by atoms with Gasteiger partial charge in [0.2, 0.25) is 10.0 Å². The Bertz CT molecular complexity index is 477. The van der Waals surface area contributed by atoms with Gasteiger partial charge in [0.1, 0.15) is 10.7 Å². The van der Waals surface area contributed by atoms with Gasteiger partial charge in [-0.15, -0.1) is 0 Å². The number of hydrogen-bond donors (Lipinski definition) is 2. The summed E-state index contributed by atoms with van der Waals surface area (Å²) in [5.74, 6) is 0.393. The smallest absolute Gasteiger partial charge is 0.244 e. The summed E-state index contributed by atoms with van der Waals surface area (Å²) in [5.41, 5.74) is 0. The number of thioether (sulfide) groups is 1. The number of sulfonamides is 1. The Kier molecular flexibility index (Phi) is 5.90. The summed E-state index contributed by atoms with van der Waals surface area (Å²) in [6, 6.07) is 3.17. The molecule has 18 heavy (non-hydrogen) atoms. The average Bonchev–Trinajstić information content (AvgIpc) is 2.37. The highest BCUT2D eigenvalue weighted by molar-refractivity contribution is 7.99. The zero-order valence-electron chi connectivity index (χ0n) is 10.8. The van der Waals surface area contributed by atoms with Gasteiger partial charge in [-0.2, -0.15) is 11.8 Å². The summed E-state index contributed by atoms with van der Waals surface area (Å²) >= 11 is 1.62. The van der Waals surface area contributed by atoms with Gasteiger partial charge >= 0.3 is 0 Å². The van der Waals surface area contributed by atoms with E-state index in [9.17, 15) is 8.42 Å². The van der Waals surface area contributed by atoms with E-state index in [0.717, 1.165) is 0 Å². The molecule has 102 valence electrons. The Morgan fingerprint density at radius 2 is 2.22 bits per heavy atom. The third-order valence-corrected chi connectivity index (χ3v) is 4.79. The Morgan fingerprint density at radius 3 is 2.83 bits per heavy atom. The van der Waals surface area contributed by atoms with Crippen molar-refractivity contribution in [3.05, 3.63) is 18.3 Å². The first-order chi connectivity index (χ1) is 8.51. The van der Waals surface area contributed by atoms with E-state index in [1.54, 1.807) is 30.1 Å². The van der Waals surface area contributed by atoms with E-state index in [-0.39, 0.29) is 10.1 Å². The summed E-state index contributed by atoms with van der Waals surface area (Å²) in [6.45, 7) is 4.90. The molecule has 7 heteroatoms. The highest BCUT2D eigenvalue weighted by Gasteiger charge is 2.19. The summed E-state index contributed by atoms with van der Waals surface area (Å²) in [5, 5.41) is 3.18. The lowest BCUT2D eigenvalue weighted by molar-refractivity contribution is 0.581. The summed E-state index contributed by atoms with van der Waals surface area (Å²) in [7, 11) is -3.51. The predicted molar refractivity (Wildman–Crippen MR) is 76.6 cm³/mol. The third-order valence-electron chi connectivity index (χ3n) is 2.37. The molecule has 0 saturated heterocycles. The Labute approximate surface area is 113 Å². The first kappa shape index (κ1) is 15.3. The van der Waals surface area contributed by atoms with Gasteiger partial charge < -0.3 is 5.32 Å². The number of aromatic nitrogens is 1. The molecule has 0 aliphatic rings. The van der Waals surface area contributed by atoms with Crippen LogP contribution in [0, 0.1) is 0 Å². The van der Waals surface area contributed by atoms with Gasteiger partial charge in [-0.05, 0) is 25.3 Å². The number of pyridine rings is 1. The van der Waals surface area contributed by atoms with Crippen LogP contribution in [0.4, 0.5) is 5.82 Å². The second-order valence-electron chi connectivity index (χ2n) is 3.78. The Balaban J connectivity index is 2.90. The number of hydrogen-bond acceptors (Lipinski definition) is 5.